The zero-order valence-electron chi connectivity index (χ0n) is 19.7. The number of aromatic carboxylic acids is 1. The first-order chi connectivity index (χ1) is 15.9. The number of aromatic nitrogens is 2. The highest BCUT2D eigenvalue weighted by atomic mass is 19.4. The quantitative estimate of drug-likeness (QED) is 0.420. The van der Waals surface area contributed by atoms with E-state index in [1.807, 2.05) is 13.8 Å². The Hall–Kier alpha value is -3.29. The number of benzene rings is 2. The van der Waals surface area contributed by atoms with Crippen molar-refractivity contribution in [3.63, 3.8) is 0 Å². The van der Waals surface area contributed by atoms with Crippen molar-refractivity contribution in [1.82, 2.24) is 9.13 Å². The SMILES string of the molecule is CC(C)CCc1c(C(F)(F)F)n(C(C)C)c(=O)n1Cc1ccc(-c2ccccc2C(=O)O)cc1. The summed E-state index contributed by atoms with van der Waals surface area (Å²) in [6.07, 6.45) is -3.98. The molecule has 0 amide bonds. The first-order valence-electron chi connectivity index (χ1n) is 11.2. The molecular formula is C26H29F3N2O3. The Morgan fingerprint density at radius 1 is 1.00 bits per heavy atom. The Labute approximate surface area is 196 Å². The largest absolute Gasteiger partial charge is 0.478 e. The molecular weight excluding hydrogens is 445 g/mol. The van der Waals surface area contributed by atoms with E-state index >= 15 is 0 Å². The molecule has 0 saturated carbocycles. The smallest absolute Gasteiger partial charge is 0.433 e. The molecule has 5 nitrogen and oxygen atoms in total. The Bertz CT molecular complexity index is 1220. The molecule has 8 heteroatoms. The average Bonchev–Trinajstić information content (AvgIpc) is 3.05. The van der Waals surface area contributed by atoms with Crippen LogP contribution in [-0.2, 0) is 19.1 Å². The normalized spacial score (nSPS) is 12.0. The third kappa shape index (κ3) is 5.26. The van der Waals surface area contributed by atoms with Gasteiger partial charge in [0.2, 0.25) is 0 Å². The minimum atomic E-state index is -4.65. The van der Waals surface area contributed by atoms with Gasteiger partial charge in [0.05, 0.1) is 17.8 Å². The number of rotatable bonds is 8. The van der Waals surface area contributed by atoms with Gasteiger partial charge < -0.3 is 5.11 Å². The molecule has 0 aliphatic carbocycles. The van der Waals surface area contributed by atoms with Gasteiger partial charge in [0, 0.05) is 6.04 Å². The molecule has 0 aliphatic heterocycles. The maximum absolute atomic E-state index is 14.0. The predicted octanol–water partition coefficient (Wildman–Crippen LogP) is 6.25. The number of alkyl halides is 3. The molecule has 0 bridgehead atoms. The number of carbonyl (C=O) groups is 1. The Morgan fingerprint density at radius 3 is 2.15 bits per heavy atom. The summed E-state index contributed by atoms with van der Waals surface area (Å²) in [5.74, 6) is -0.864. The molecule has 3 aromatic rings. The predicted molar refractivity (Wildman–Crippen MR) is 125 cm³/mol. The van der Waals surface area contributed by atoms with Crippen molar-refractivity contribution in [3.05, 3.63) is 81.5 Å². The molecule has 1 aromatic heterocycles. The second-order valence-electron chi connectivity index (χ2n) is 9.11. The summed E-state index contributed by atoms with van der Waals surface area (Å²) in [7, 11) is 0. The minimum absolute atomic E-state index is 0.000185. The molecule has 34 heavy (non-hydrogen) atoms. The minimum Gasteiger partial charge on any atom is -0.478 e. The van der Waals surface area contributed by atoms with Crippen molar-refractivity contribution in [1.29, 1.82) is 0 Å². The van der Waals surface area contributed by atoms with Gasteiger partial charge in [0.1, 0.15) is 5.69 Å². The molecule has 182 valence electrons. The van der Waals surface area contributed by atoms with Crippen LogP contribution in [0.5, 0.6) is 0 Å². The summed E-state index contributed by atoms with van der Waals surface area (Å²) in [6, 6.07) is 12.8. The molecule has 0 saturated heterocycles. The van der Waals surface area contributed by atoms with Crippen molar-refractivity contribution >= 4 is 5.97 Å². The van der Waals surface area contributed by atoms with Crippen LogP contribution in [0.3, 0.4) is 0 Å². The summed E-state index contributed by atoms with van der Waals surface area (Å²) >= 11 is 0. The molecule has 2 aromatic carbocycles. The zero-order chi connectivity index (χ0) is 25.2. The average molecular weight is 475 g/mol. The molecule has 1 heterocycles. The van der Waals surface area contributed by atoms with Gasteiger partial charge in [-0.05, 0) is 55.4 Å². The lowest BCUT2D eigenvalue weighted by Gasteiger charge is -2.16. The van der Waals surface area contributed by atoms with Crippen molar-refractivity contribution in [2.24, 2.45) is 5.92 Å². The summed E-state index contributed by atoms with van der Waals surface area (Å²) < 4.78 is 44.2. The van der Waals surface area contributed by atoms with E-state index in [4.69, 9.17) is 0 Å². The van der Waals surface area contributed by atoms with Gasteiger partial charge in [0.15, 0.2) is 0 Å². The van der Waals surface area contributed by atoms with E-state index in [1.54, 1.807) is 56.3 Å². The number of imidazole rings is 1. The van der Waals surface area contributed by atoms with Crippen LogP contribution >= 0.6 is 0 Å². The lowest BCUT2D eigenvalue weighted by Crippen LogP contribution is -2.28. The van der Waals surface area contributed by atoms with Gasteiger partial charge in [-0.3, -0.25) is 9.13 Å². The number of carboxylic acid groups (broad SMARTS) is 1. The Balaban J connectivity index is 2.06. The number of hydrogen-bond donors (Lipinski definition) is 1. The highest BCUT2D eigenvalue weighted by molar-refractivity contribution is 5.95. The number of hydrogen-bond acceptors (Lipinski definition) is 2. The Morgan fingerprint density at radius 2 is 1.62 bits per heavy atom. The van der Waals surface area contributed by atoms with Crippen LogP contribution < -0.4 is 5.69 Å². The fraction of sp³-hybridized carbons (Fsp3) is 0.385. The summed E-state index contributed by atoms with van der Waals surface area (Å²) in [4.78, 5) is 24.6. The van der Waals surface area contributed by atoms with Gasteiger partial charge in [-0.2, -0.15) is 13.2 Å². The second-order valence-corrected chi connectivity index (χ2v) is 9.11. The highest BCUT2D eigenvalue weighted by Gasteiger charge is 2.41. The van der Waals surface area contributed by atoms with Gasteiger partial charge >= 0.3 is 17.8 Å². The lowest BCUT2D eigenvalue weighted by atomic mass is 9.98. The zero-order valence-corrected chi connectivity index (χ0v) is 19.7. The van der Waals surface area contributed by atoms with Gasteiger partial charge in [0.25, 0.3) is 0 Å². The van der Waals surface area contributed by atoms with Gasteiger partial charge in [-0.25, -0.2) is 9.59 Å². The fourth-order valence-electron chi connectivity index (χ4n) is 4.12. The van der Waals surface area contributed by atoms with Crippen molar-refractivity contribution < 1.29 is 23.1 Å². The Kier molecular flexibility index (Phi) is 7.38. The second kappa shape index (κ2) is 9.91. The first kappa shape index (κ1) is 25.3. The third-order valence-electron chi connectivity index (χ3n) is 5.78. The van der Waals surface area contributed by atoms with E-state index in [9.17, 15) is 27.9 Å². The van der Waals surface area contributed by atoms with E-state index in [1.165, 1.54) is 10.6 Å². The van der Waals surface area contributed by atoms with Crippen LogP contribution in [0.4, 0.5) is 13.2 Å². The molecule has 1 N–H and O–H groups in total. The fourth-order valence-corrected chi connectivity index (χ4v) is 4.12. The summed E-state index contributed by atoms with van der Waals surface area (Å²) in [5.41, 5.74) is 0.471. The first-order valence-corrected chi connectivity index (χ1v) is 11.2. The highest BCUT2D eigenvalue weighted by Crippen LogP contribution is 2.34. The molecule has 0 fully saturated rings. The van der Waals surface area contributed by atoms with E-state index in [2.05, 4.69) is 0 Å². The molecule has 3 rings (SSSR count). The summed E-state index contributed by atoms with van der Waals surface area (Å²) in [5, 5.41) is 9.43. The van der Waals surface area contributed by atoms with Gasteiger partial charge in [-0.1, -0.05) is 56.3 Å². The van der Waals surface area contributed by atoms with Crippen LogP contribution in [0.1, 0.15) is 67.5 Å². The topological polar surface area (TPSA) is 64.2 Å². The molecule has 0 radical (unpaired) electrons. The maximum Gasteiger partial charge on any atom is 0.433 e. The molecule has 0 unspecified atom stereocenters. The molecule has 0 spiro atoms. The molecule has 0 atom stereocenters. The molecule has 0 aliphatic rings. The van der Waals surface area contributed by atoms with Crippen LogP contribution in [0.15, 0.2) is 53.3 Å². The van der Waals surface area contributed by atoms with Crippen LogP contribution in [-0.4, -0.2) is 20.2 Å². The van der Waals surface area contributed by atoms with Gasteiger partial charge in [-0.15, -0.1) is 0 Å². The van der Waals surface area contributed by atoms with E-state index in [0.717, 1.165) is 4.57 Å². The number of halogens is 3. The lowest BCUT2D eigenvalue weighted by molar-refractivity contribution is -0.145. The third-order valence-corrected chi connectivity index (χ3v) is 5.78. The van der Waals surface area contributed by atoms with E-state index in [-0.39, 0.29) is 30.1 Å². The standard InChI is InChI=1S/C26H29F3N2O3/c1-16(2)9-14-22-23(26(27,28)29)31(17(3)4)25(34)30(22)15-18-10-12-19(13-11-18)20-7-5-6-8-21(20)24(32)33/h5-8,10-13,16-17H,9,14-15H2,1-4H3,(H,32,33). The van der Waals surface area contributed by atoms with E-state index < -0.39 is 29.6 Å². The van der Waals surface area contributed by atoms with Crippen LogP contribution in [0, 0.1) is 5.92 Å². The van der Waals surface area contributed by atoms with Crippen LogP contribution in [0.2, 0.25) is 0 Å². The van der Waals surface area contributed by atoms with Crippen LogP contribution in [0.25, 0.3) is 11.1 Å². The monoisotopic (exact) mass is 474 g/mol. The number of nitrogens with zero attached hydrogens (tertiary/aromatic N) is 2. The van der Waals surface area contributed by atoms with E-state index in [0.29, 0.717) is 23.1 Å². The summed E-state index contributed by atoms with van der Waals surface area (Å²) in [6.45, 7) is 7.01. The number of carboxylic acids is 1. The van der Waals surface area contributed by atoms with Crippen molar-refractivity contribution in [2.45, 2.75) is 59.3 Å². The maximum atomic E-state index is 14.0. The van der Waals surface area contributed by atoms with Crippen molar-refractivity contribution in [2.75, 3.05) is 0 Å². The van der Waals surface area contributed by atoms with Crippen molar-refractivity contribution in [3.8, 4) is 11.1 Å².